The van der Waals surface area contributed by atoms with Gasteiger partial charge in [0.05, 0.1) is 16.3 Å². The van der Waals surface area contributed by atoms with Crippen molar-refractivity contribution in [3.05, 3.63) is 45.4 Å². The molecule has 18 heavy (non-hydrogen) atoms. The normalized spacial score (nSPS) is 13.4. The molecule has 1 aliphatic rings. The molecule has 3 nitrogen and oxygen atoms in total. The number of aromatic nitrogens is 1. The van der Waals surface area contributed by atoms with Crippen LogP contribution in [0.3, 0.4) is 0 Å². The smallest absolute Gasteiger partial charge is 0.258 e. The Hall–Kier alpha value is -1.39. The summed E-state index contributed by atoms with van der Waals surface area (Å²) in [4.78, 5) is 17.8. The van der Waals surface area contributed by atoms with E-state index in [0.29, 0.717) is 15.7 Å². The molecule has 1 aromatic heterocycles. The van der Waals surface area contributed by atoms with Gasteiger partial charge in [0.2, 0.25) is 0 Å². The lowest BCUT2D eigenvalue weighted by atomic mass is 10.2. The van der Waals surface area contributed by atoms with Gasteiger partial charge in [-0.05, 0) is 31.4 Å². The number of rotatable bonds is 2. The Morgan fingerprint density at radius 3 is 2.94 bits per heavy atom. The van der Waals surface area contributed by atoms with Crippen molar-refractivity contribution in [3.63, 3.8) is 0 Å². The third kappa shape index (κ3) is 2.13. The third-order valence-corrected chi connectivity index (χ3v) is 4.34. The highest BCUT2D eigenvalue weighted by molar-refractivity contribution is 7.16. The number of halogens is 1. The second-order valence-electron chi connectivity index (χ2n) is 4.18. The van der Waals surface area contributed by atoms with Crippen LogP contribution in [0, 0.1) is 0 Å². The number of hydrogen-bond donors (Lipinski definition) is 1. The fourth-order valence-electron chi connectivity index (χ4n) is 2.05. The average molecular weight is 279 g/mol. The van der Waals surface area contributed by atoms with Gasteiger partial charge >= 0.3 is 0 Å². The lowest BCUT2D eigenvalue weighted by Crippen LogP contribution is -2.12. The number of hydrogen-bond acceptors (Lipinski definition) is 3. The summed E-state index contributed by atoms with van der Waals surface area (Å²) in [7, 11) is 0. The number of anilines is 1. The number of thiazole rings is 1. The van der Waals surface area contributed by atoms with Gasteiger partial charge in [0.25, 0.3) is 5.91 Å². The van der Waals surface area contributed by atoms with Crippen LogP contribution in [0.2, 0.25) is 5.02 Å². The van der Waals surface area contributed by atoms with Crippen molar-refractivity contribution in [3.8, 4) is 0 Å². The van der Waals surface area contributed by atoms with E-state index in [0.717, 1.165) is 18.5 Å². The van der Waals surface area contributed by atoms with E-state index in [2.05, 4.69) is 10.3 Å². The van der Waals surface area contributed by atoms with Gasteiger partial charge in [-0.3, -0.25) is 10.1 Å². The first-order valence-corrected chi connectivity index (χ1v) is 6.98. The second-order valence-corrected chi connectivity index (χ2v) is 5.67. The Balaban J connectivity index is 1.80. The van der Waals surface area contributed by atoms with Gasteiger partial charge in [0, 0.05) is 4.88 Å². The minimum Gasteiger partial charge on any atom is -0.298 e. The van der Waals surface area contributed by atoms with Crippen LogP contribution < -0.4 is 5.32 Å². The minimum atomic E-state index is -0.201. The zero-order valence-corrected chi connectivity index (χ0v) is 11.1. The maximum atomic E-state index is 12.0. The van der Waals surface area contributed by atoms with E-state index in [9.17, 15) is 4.79 Å². The lowest BCUT2D eigenvalue weighted by molar-refractivity contribution is 0.102. The summed E-state index contributed by atoms with van der Waals surface area (Å²) in [6.45, 7) is 0. The maximum Gasteiger partial charge on any atom is 0.258 e. The molecule has 0 saturated carbocycles. The first kappa shape index (κ1) is 11.7. The van der Waals surface area contributed by atoms with Crippen LogP contribution in [0.25, 0.3) is 0 Å². The van der Waals surface area contributed by atoms with Gasteiger partial charge in [-0.25, -0.2) is 4.98 Å². The summed E-state index contributed by atoms with van der Waals surface area (Å²) in [5.41, 5.74) is 1.61. The molecule has 1 aromatic carbocycles. The highest BCUT2D eigenvalue weighted by atomic mass is 35.5. The van der Waals surface area contributed by atoms with Crippen LogP contribution in [0.1, 0.15) is 27.3 Å². The van der Waals surface area contributed by atoms with Crippen LogP contribution >= 0.6 is 22.9 Å². The molecule has 0 spiro atoms. The molecule has 3 rings (SSSR count). The first-order valence-electron chi connectivity index (χ1n) is 5.78. The van der Waals surface area contributed by atoms with Crippen molar-refractivity contribution < 1.29 is 4.79 Å². The molecule has 92 valence electrons. The van der Waals surface area contributed by atoms with E-state index in [1.807, 2.05) is 0 Å². The SMILES string of the molecule is O=C(Nc1nc2c(s1)CCC2)c1ccccc1Cl. The Morgan fingerprint density at radius 1 is 1.33 bits per heavy atom. The topological polar surface area (TPSA) is 42.0 Å². The number of nitrogens with zero attached hydrogens (tertiary/aromatic N) is 1. The summed E-state index contributed by atoms with van der Waals surface area (Å²) < 4.78 is 0. The molecule has 0 saturated heterocycles. The Kier molecular flexibility index (Phi) is 3.06. The molecule has 1 heterocycles. The number of amides is 1. The maximum absolute atomic E-state index is 12.0. The molecular formula is C13H11ClN2OS. The molecule has 0 atom stereocenters. The van der Waals surface area contributed by atoms with Crippen LogP contribution in [-0.4, -0.2) is 10.9 Å². The third-order valence-electron chi connectivity index (χ3n) is 2.93. The van der Waals surface area contributed by atoms with E-state index in [4.69, 9.17) is 11.6 Å². The van der Waals surface area contributed by atoms with Crippen LogP contribution in [0.5, 0.6) is 0 Å². The summed E-state index contributed by atoms with van der Waals surface area (Å²) in [5.74, 6) is -0.201. The summed E-state index contributed by atoms with van der Waals surface area (Å²) >= 11 is 7.55. The highest BCUT2D eigenvalue weighted by Gasteiger charge is 2.18. The molecule has 1 N–H and O–H groups in total. The predicted molar refractivity (Wildman–Crippen MR) is 73.5 cm³/mol. The van der Waals surface area contributed by atoms with Crippen molar-refractivity contribution in [2.24, 2.45) is 0 Å². The largest absolute Gasteiger partial charge is 0.298 e. The molecule has 0 bridgehead atoms. The van der Waals surface area contributed by atoms with Gasteiger partial charge in [0.1, 0.15) is 0 Å². The van der Waals surface area contributed by atoms with Gasteiger partial charge in [-0.1, -0.05) is 23.7 Å². The van der Waals surface area contributed by atoms with Crippen molar-refractivity contribution in [1.82, 2.24) is 4.98 Å². The van der Waals surface area contributed by atoms with Crippen LogP contribution in [-0.2, 0) is 12.8 Å². The van der Waals surface area contributed by atoms with E-state index in [-0.39, 0.29) is 5.91 Å². The Bertz CT molecular complexity index is 587. The number of carbonyl (C=O) groups is 1. The molecule has 2 aromatic rings. The quantitative estimate of drug-likeness (QED) is 0.913. The number of carbonyl (C=O) groups excluding carboxylic acids is 1. The second kappa shape index (κ2) is 4.71. The summed E-state index contributed by atoms with van der Waals surface area (Å²) in [6, 6.07) is 7.01. The Labute approximate surface area is 114 Å². The zero-order chi connectivity index (χ0) is 12.5. The van der Waals surface area contributed by atoms with E-state index in [1.54, 1.807) is 35.6 Å². The van der Waals surface area contributed by atoms with E-state index < -0.39 is 0 Å². The van der Waals surface area contributed by atoms with Crippen molar-refractivity contribution in [2.45, 2.75) is 19.3 Å². The number of benzene rings is 1. The first-order chi connectivity index (χ1) is 8.74. The molecule has 1 aliphatic carbocycles. The van der Waals surface area contributed by atoms with Gasteiger partial charge in [-0.2, -0.15) is 0 Å². The predicted octanol–water partition coefficient (Wildman–Crippen LogP) is 3.54. The minimum absolute atomic E-state index is 0.201. The monoisotopic (exact) mass is 278 g/mol. The highest BCUT2D eigenvalue weighted by Crippen LogP contribution is 2.30. The lowest BCUT2D eigenvalue weighted by Gasteiger charge is -2.03. The Morgan fingerprint density at radius 2 is 2.17 bits per heavy atom. The fraction of sp³-hybridized carbons (Fsp3) is 0.231. The number of aryl methyl sites for hydroxylation is 2. The van der Waals surface area contributed by atoms with Crippen molar-refractivity contribution >= 4 is 34.0 Å². The van der Waals surface area contributed by atoms with E-state index in [1.165, 1.54) is 11.3 Å². The van der Waals surface area contributed by atoms with Gasteiger partial charge in [0.15, 0.2) is 5.13 Å². The van der Waals surface area contributed by atoms with Crippen LogP contribution in [0.4, 0.5) is 5.13 Å². The molecule has 0 fully saturated rings. The summed E-state index contributed by atoms with van der Waals surface area (Å²) in [5, 5.41) is 3.94. The molecule has 0 radical (unpaired) electrons. The molecule has 0 aliphatic heterocycles. The molecule has 1 amide bonds. The summed E-state index contributed by atoms with van der Waals surface area (Å²) in [6.07, 6.45) is 3.27. The van der Waals surface area contributed by atoms with Gasteiger partial charge < -0.3 is 0 Å². The standard InChI is InChI=1S/C13H11ClN2OS/c14-9-5-2-1-4-8(9)12(17)16-13-15-10-6-3-7-11(10)18-13/h1-2,4-5H,3,6-7H2,(H,15,16,17). The van der Waals surface area contributed by atoms with Crippen LogP contribution in [0.15, 0.2) is 24.3 Å². The van der Waals surface area contributed by atoms with E-state index >= 15 is 0 Å². The molecule has 5 heteroatoms. The van der Waals surface area contributed by atoms with Gasteiger partial charge in [-0.15, -0.1) is 11.3 Å². The van der Waals surface area contributed by atoms with Crippen molar-refractivity contribution in [1.29, 1.82) is 0 Å². The zero-order valence-electron chi connectivity index (χ0n) is 9.57. The fourth-order valence-corrected chi connectivity index (χ4v) is 3.32. The number of fused-ring (bicyclic) bond motifs is 1. The number of nitrogens with one attached hydrogen (secondary N) is 1. The van der Waals surface area contributed by atoms with Crippen molar-refractivity contribution in [2.75, 3.05) is 5.32 Å². The molecule has 0 unspecified atom stereocenters. The molecular weight excluding hydrogens is 268 g/mol. The average Bonchev–Trinajstić information content (AvgIpc) is 2.90.